The van der Waals surface area contributed by atoms with Crippen LogP contribution in [0.2, 0.25) is 0 Å². The van der Waals surface area contributed by atoms with Crippen molar-refractivity contribution < 1.29 is 15.0 Å². The third kappa shape index (κ3) is 1.93. The van der Waals surface area contributed by atoms with Gasteiger partial charge < -0.3 is 10.2 Å². The molecule has 0 heterocycles. The van der Waals surface area contributed by atoms with E-state index in [1.807, 2.05) is 0 Å². The number of rotatable bonds is 0. The zero-order valence-electron chi connectivity index (χ0n) is 9.07. The van der Waals surface area contributed by atoms with Gasteiger partial charge in [0.1, 0.15) is 0 Å². The molecule has 0 radical (unpaired) electrons. The van der Waals surface area contributed by atoms with E-state index in [1.165, 1.54) is 31.3 Å². The summed E-state index contributed by atoms with van der Waals surface area (Å²) in [6.07, 6.45) is 6.37. The second-order valence-corrected chi connectivity index (χ2v) is 4.78. The second kappa shape index (κ2) is 3.97. The van der Waals surface area contributed by atoms with Crippen LogP contribution in [0.3, 0.4) is 0 Å². The highest BCUT2D eigenvalue weighted by Crippen LogP contribution is 2.54. The Bertz CT molecular complexity index is 302. The number of hydrogen-bond acceptors (Lipinski definition) is 2. The third-order valence-electron chi connectivity index (χ3n) is 3.80. The van der Waals surface area contributed by atoms with Gasteiger partial charge in [0.05, 0.1) is 6.10 Å². The van der Waals surface area contributed by atoms with Crippen LogP contribution < -0.4 is 0 Å². The Morgan fingerprint density at radius 3 is 2.73 bits per heavy atom. The first kappa shape index (κ1) is 10.7. The van der Waals surface area contributed by atoms with Gasteiger partial charge in [0.15, 0.2) is 0 Å². The number of carboxylic acid groups (broad SMARTS) is 1. The molecule has 3 rings (SSSR count). The summed E-state index contributed by atoms with van der Waals surface area (Å²) in [5, 5.41) is 17.0. The van der Waals surface area contributed by atoms with E-state index in [1.54, 1.807) is 5.57 Å². The summed E-state index contributed by atoms with van der Waals surface area (Å²) >= 11 is 0. The van der Waals surface area contributed by atoms with Gasteiger partial charge in [0.25, 0.3) is 5.97 Å². The number of aliphatic hydroxyl groups excluding tert-OH is 1. The van der Waals surface area contributed by atoms with Gasteiger partial charge in [0.2, 0.25) is 0 Å². The minimum Gasteiger partial charge on any atom is -0.481 e. The molecule has 0 aromatic rings. The molecule has 3 aliphatic rings. The lowest BCUT2D eigenvalue weighted by atomic mass is 9.88. The Morgan fingerprint density at radius 2 is 2.07 bits per heavy atom. The summed E-state index contributed by atoms with van der Waals surface area (Å²) in [7, 11) is 0. The molecule has 3 nitrogen and oxygen atoms in total. The lowest BCUT2D eigenvalue weighted by Gasteiger charge is -2.20. The monoisotopic (exact) mass is 210 g/mol. The predicted octanol–water partition coefficient (Wildman–Crippen LogP) is 1.96. The number of aliphatic hydroxyl groups is 1. The fourth-order valence-corrected chi connectivity index (χ4v) is 3.37. The van der Waals surface area contributed by atoms with Gasteiger partial charge in [0, 0.05) is 6.92 Å². The van der Waals surface area contributed by atoms with Crippen LogP contribution in [0.1, 0.15) is 39.0 Å². The molecular weight excluding hydrogens is 192 g/mol. The predicted molar refractivity (Wildman–Crippen MR) is 56.4 cm³/mol. The van der Waals surface area contributed by atoms with Crippen LogP contribution in [0.25, 0.3) is 0 Å². The van der Waals surface area contributed by atoms with Crippen LogP contribution in [-0.4, -0.2) is 22.3 Å². The molecule has 84 valence electrons. The molecule has 2 fully saturated rings. The summed E-state index contributed by atoms with van der Waals surface area (Å²) in [6.45, 7) is 1.08. The summed E-state index contributed by atoms with van der Waals surface area (Å²) in [5.41, 5.74) is 3.10. The van der Waals surface area contributed by atoms with Crippen molar-refractivity contribution in [1.82, 2.24) is 0 Å². The lowest BCUT2D eigenvalue weighted by molar-refractivity contribution is -0.134. The zero-order valence-corrected chi connectivity index (χ0v) is 9.07. The molecule has 3 unspecified atom stereocenters. The van der Waals surface area contributed by atoms with Crippen LogP contribution in [0.5, 0.6) is 0 Å². The minimum absolute atomic E-state index is 0.0376. The molecule has 0 spiro atoms. The van der Waals surface area contributed by atoms with Crippen LogP contribution in [0.15, 0.2) is 11.1 Å². The Hall–Kier alpha value is -0.830. The van der Waals surface area contributed by atoms with Crippen molar-refractivity contribution in [3.8, 4) is 0 Å². The molecule has 3 heteroatoms. The van der Waals surface area contributed by atoms with Gasteiger partial charge in [-0.3, -0.25) is 4.79 Å². The van der Waals surface area contributed by atoms with Crippen LogP contribution in [0.4, 0.5) is 0 Å². The number of aliphatic carboxylic acids is 1. The molecule has 3 aliphatic carbocycles. The molecule has 2 bridgehead atoms. The summed E-state index contributed by atoms with van der Waals surface area (Å²) in [4.78, 5) is 9.00. The highest BCUT2D eigenvalue weighted by atomic mass is 16.4. The fourth-order valence-electron chi connectivity index (χ4n) is 3.37. The lowest BCUT2D eigenvalue weighted by Crippen LogP contribution is -2.15. The molecule has 0 aromatic heterocycles. The second-order valence-electron chi connectivity index (χ2n) is 4.78. The molecule has 3 atom stereocenters. The average molecular weight is 210 g/mol. The largest absolute Gasteiger partial charge is 0.481 e. The van der Waals surface area contributed by atoms with E-state index < -0.39 is 5.97 Å². The molecule has 0 aliphatic heterocycles. The summed E-state index contributed by atoms with van der Waals surface area (Å²) in [5.74, 6) is 0.922. The average Bonchev–Trinajstić information content (AvgIpc) is 2.70. The van der Waals surface area contributed by atoms with Crippen molar-refractivity contribution in [2.45, 2.75) is 45.1 Å². The molecule has 2 N–H and O–H groups in total. The van der Waals surface area contributed by atoms with Crippen LogP contribution in [0, 0.1) is 11.8 Å². The highest BCUT2D eigenvalue weighted by Gasteiger charge is 2.45. The molecule has 0 amide bonds. The van der Waals surface area contributed by atoms with Crippen molar-refractivity contribution in [2.75, 3.05) is 0 Å². The van der Waals surface area contributed by atoms with E-state index in [0.717, 1.165) is 25.2 Å². The smallest absolute Gasteiger partial charge is 0.300 e. The van der Waals surface area contributed by atoms with Crippen molar-refractivity contribution in [3.63, 3.8) is 0 Å². The molecule has 0 saturated heterocycles. The standard InChI is InChI=1S/C10H14O.C2H4O2/c11-10-5-6-4-9(10)8-3-1-2-7(6)8;1-2(3)4/h6-7,10-11H,1-5H2;1H3,(H,3,4). The SMILES string of the molecule is CC(=O)O.OC1CC2CC1=C1CCCC12. The van der Waals surface area contributed by atoms with E-state index in [4.69, 9.17) is 9.90 Å². The van der Waals surface area contributed by atoms with Gasteiger partial charge in [-0.25, -0.2) is 0 Å². The number of carbonyl (C=O) groups is 1. The van der Waals surface area contributed by atoms with Crippen LogP contribution in [-0.2, 0) is 4.79 Å². The molecular formula is C12H18O3. The van der Waals surface area contributed by atoms with Gasteiger partial charge in [-0.05, 0) is 49.5 Å². The molecule has 2 saturated carbocycles. The zero-order chi connectivity index (χ0) is 11.0. The van der Waals surface area contributed by atoms with Gasteiger partial charge in [-0.1, -0.05) is 5.57 Å². The van der Waals surface area contributed by atoms with E-state index in [0.29, 0.717) is 0 Å². The van der Waals surface area contributed by atoms with Crippen molar-refractivity contribution >= 4 is 5.97 Å². The van der Waals surface area contributed by atoms with E-state index in [9.17, 15) is 5.11 Å². The van der Waals surface area contributed by atoms with Gasteiger partial charge in [-0.2, -0.15) is 0 Å². The highest BCUT2D eigenvalue weighted by molar-refractivity contribution is 5.62. The summed E-state index contributed by atoms with van der Waals surface area (Å²) < 4.78 is 0. The topological polar surface area (TPSA) is 57.5 Å². The Morgan fingerprint density at radius 1 is 1.40 bits per heavy atom. The van der Waals surface area contributed by atoms with E-state index >= 15 is 0 Å². The maximum absolute atomic E-state index is 9.61. The first-order valence-electron chi connectivity index (χ1n) is 5.69. The van der Waals surface area contributed by atoms with Crippen LogP contribution >= 0.6 is 0 Å². The Balaban J connectivity index is 0.000000188. The summed E-state index contributed by atoms with van der Waals surface area (Å²) in [6, 6.07) is 0. The van der Waals surface area contributed by atoms with E-state index in [-0.39, 0.29) is 6.10 Å². The quantitative estimate of drug-likeness (QED) is 0.601. The van der Waals surface area contributed by atoms with Crippen molar-refractivity contribution in [3.05, 3.63) is 11.1 Å². The van der Waals surface area contributed by atoms with E-state index in [2.05, 4.69) is 0 Å². The Kier molecular flexibility index (Phi) is 2.83. The fraction of sp³-hybridized carbons (Fsp3) is 0.750. The first-order valence-corrected chi connectivity index (χ1v) is 5.69. The van der Waals surface area contributed by atoms with Gasteiger partial charge in [-0.15, -0.1) is 0 Å². The maximum atomic E-state index is 9.61. The number of hydrogen-bond donors (Lipinski definition) is 2. The van der Waals surface area contributed by atoms with Crippen molar-refractivity contribution in [1.29, 1.82) is 0 Å². The third-order valence-corrected chi connectivity index (χ3v) is 3.80. The maximum Gasteiger partial charge on any atom is 0.300 e. The molecule has 0 aromatic carbocycles. The molecule has 15 heavy (non-hydrogen) atoms. The van der Waals surface area contributed by atoms with Gasteiger partial charge >= 0.3 is 0 Å². The number of fused-ring (bicyclic) bond motifs is 4. The number of allylic oxidation sites excluding steroid dienone is 1. The first-order chi connectivity index (χ1) is 7.09. The minimum atomic E-state index is -0.833. The normalized spacial score (nSPS) is 36.3. The van der Waals surface area contributed by atoms with Crippen molar-refractivity contribution in [2.24, 2.45) is 11.8 Å². The Labute approximate surface area is 89.8 Å². The number of carboxylic acids is 1.